The minimum absolute atomic E-state index is 0.0164. The largest absolute Gasteiger partial charge is 0.279 e. The molecule has 0 fully saturated rings. The molecule has 3 aromatic rings. The summed E-state index contributed by atoms with van der Waals surface area (Å²) < 4.78 is 1.77. The SMILES string of the molecule is Cc1cc#ccc1-n1c(CBr)cc2cccc(C)c2c1=O. The van der Waals surface area contributed by atoms with Gasteiger partial charge in [0.1, 0.15) is 0 Å². The summed E-state index contributed by atoms with van der Waals surface area (Å²) in [6, 6.07) is 17.5. The van der Waals surface area contributed by atoms with Crippen LogP contribution < -0.4 is 5.56 Å². The third-order valence-electron chi connectivity index (χ3n) is 3.69. The molecule has 0 radical (unpaired) electrons. The number of hydrogen-bond acceptors (Lipinski definition) is 1. The molecule has 0 bridgehead atoms. The second-order valence-electron chi connectivity index (χ2n) is 5.09. The van der Waals surface area contributed by atoms with E-state index in [0.29, 0.717) is 5.33 Å². The maximum Gasteiger partial charge on any atom is 0.263 e. The molecule has 0 saturated heterocycles. The molecular weight excluding hydrogens is 326 g/mol. The fourth-order valence-corrected chi connectivity index (χ4v) is 3.05. The fraction of sp³-hybridized carbons (Fsp3) is 0.167. The molecule has 1 aromatic heterocycles. The summed E-state index contributed by atoms with van der Waals surface area (Å²) in [7, 11) is 0. The van der Waals surface area contributed by atoms with Gasteiger partial charge in [-0.05, 0) is 42.5 Å². The lowest BCUT2D eigenvalue weighted by atomic mass is 10.1. The van der Waals surface area contributed by atoms with Crippen LogP contribution in [0.4, 0.5) is 0 Å². The number of alkyl halides is 1. The van der Waals surface area contributed by atoms with Gasteiger partial charge in [0.05, 0.1) is 11.1 Å². The van der Waals surface area contributed by atoms with Crippen molar-refractivity contribution in [3.63, 3.8) is 0 Å². The van der Waals surface area contributed by atoms with Gasteiger partial charge in [-0.3, -0.25) is 9.36 Å². The number of aromatic nitrogens is 1. The molecule has 0 aliphatic rings. The predicted octanol–water partition coefficient (Wildman–Crippen LogP) is 4.10. The topological polar surface area (TPSA) is 22.0 Å². The maximum atomic E-state index is 13.0. The Labute approximate surface area is 132 Å². The van der Waals surface area contributed by atoms with Crippen LogP contribution in [0.25, 0.3) is 16.5 Å². The van der Waals surface area contributed by atoms with Gasteiger partial charge in [0.2, 0.25) is 0 Å². The number of halogens is 1. The zero-order valence-electron chi connectivity index (χ0n) is 11.9. The summed E-state index contributed by atoms with van der Waals surface area (Å²) in [5, 5.41) is 2.37. The van der Waals surface area contributed by atoms with E-state index in [4.69, 9.17) is 0 Å². The Balaban J connectivity index is 2.48. The van der Waals surface area contributed by atoms with Gasteiger partial charge in [0.15, 0.2) is 0 Å². The fourth-order valence-electron chi connectivity index (χ4n) is 2.64. The van der Waals surface area contributed by atoms with E-state index in [1.807, 2.05) is 44.2 Å². The standard InChI is InChI=1S/C18H14BrNO/c1-12-6-3-4-9-16(12)20-15(11-19)10-14-8-5-7-13(2)17(14)18(20)21/h5-10H,11H2,1-2H3. The zero-order valence-corrected chi connectivity index (χ0v) is 13.5. The zero-order chi connectivity index (χ0) is 15.0. The number of fused-ring (bicyclic) bond motifs is 1. The molecule has 0 atom stereocenters. The first-order valence-electron chi connectivity index (χ1n) is 6.72. The predicted molar refractivity (Wildman–Crippen MR) is 89.3 cm³/mol. The lowest BCUT2D eigenvalue weighted by Gasteiger charge is -2.15. The molecular formula is C18H14BrNO. The minimum atomic E-state index is 0.0164. The average Bonchev–Trinajstić information content (AvgIpc) is 2.48. The average molecular weight is 340 g/mol. The summed E-state index contributed by atoms with van der Waals surface area (Å²) in [6.07, 6.45) is 0. The monoisotopic (exact) mass is 339 g/mol. The van der Waals surface area contributed by atoms with Gasteiger partial charge < -0.3 is 0 Å². The molecule has 0 unspecified atom stereocenters. The van der Waals surface area contributed by atoms with E-state index in [2.05, 4.69) is 34.1 Å². The molecule has 0 amide bonds. The second-order valence-corrected chi connectivity index (χ2v) is 5.66. The van der Waals surface area contributed by atoms with Crippen LogP contribution in [0, 0.1) is 26.0 Å². The number of pyridine rings is 1. The van der Waals surface area contributed by atoms with Crippen LogP contribution >= 0.6 is 15.9 Å². The van der Waals surface area contributed by atoms with E-state index in [9.17, 15) is 4.79 Å². The highest BCUT2D eigenvalue weighted by atomic mass is 79.9. The van der Waals surface area contributed by atoms with E-state index in [-0.39, 0.29) is 5.56 Å². The van der Waals surface area contributed by atoms with Gasteiger partial charge in [0, 0.05) is 17.1 Å². The maximum absolute atomic E-state index is 13.0. The summed E-state index contributed by atoms with van der Waals surface area (Å²) in [5.74, 6) is 0. The summed E-state index contributed by atoms with van der Waals surface area (Å²) in [4.78, 5) is 13.0. The first-order valence-corrected chi connectivity index (χ1v) is 7.84. The van der Waals surface area contributed by atoms with Gasteiger partial charge in [0.25, 0.3) is 5.56 Å². The van der Waals surface area contributed by atoms with E-state index in [0.717, 1.165) is 33.3 Å². The molecule has 21 heavy (non-hydrogen) atoms. The summed E-state index contributed by atoms with van der Waals surface area (Å²) >= 11 is 3.49. The van der Waals surface area contributed by atoms with Crippen LogP contribution in [-0.2, 0) is 5.33 Å². The molecule has 0 saturated carbocycles. The Morgan fingerprint density at radius 1 is 1.14 bits per heavy atom. The number of rotatable bonds is 2. The van der Waals surface area contributed by atoms with Crippen molar-refractivity contribution in [2.24, 2.45) is 0 Å². The Morgan fingerprint density at radius 2 is 1.90 bits per heavy atom. The molecule has 0 spiro atoms. The highest BCUT2D eigenvalue weighted by Gasteiger charge is 2.13. The van der Waals surface area contributed by atoms with Crippen LogP contribution in [0.5, 0.6) is 0 Å². The Bertz CT molecular complexity index is 880. The van der Waals surface area contributed by atoms with Crippen molar-refractivity contribution in [2.45, 2.75) is 19.2 Å². The van der Waals surface area contributed by atoms with Crippen LogP contribution in [0.2, 0.25) is 0 Å². The molecule has 2 aromatic carbocycles. The van der Waals surface area contributed by atoms with Crippen molar-refractivity contribution in [1.29, 1.82) is 0 Å². The van der Waals surface area contributed by atoms with E-state index in [1.165, 1.54) is 0 Å². The summed E-state index contributed by atoms with van der Waals surface area (Å²) in [6.45, 7) is 3.95. The molecule has 2 nitrogen and oxygen atoms in total. The highest BCUT2D eigenvalue weighted by Crippen LogP contribution is 2.21. The number of benzene rings is 1. The first-order chi connectivity index (χ1) is 10.1. The Hall–Kier alpha value is -2.05. The third-order valence-corrected chi connectivity index (χ3v) is 4.27. The Morgan fingerprint density at radius 3 is 2.62 bits per heavy atom. The van der Waals surface area contributed by atoms with E-state index < -0.39 is 0 Å². The molecule has 1 heterocycles. The second kappa shape index (κ2) is 5.38. The lowest BCUT2D eigenvalue weighted by Crippen LogP contribution is -2.22. The van der Waals surface area contributed by atoms with E-state index in [1.54, 1.807) is 4.57 Å². The van der Waals surface area contributed by atoms with Crippen LogP contribution in [0.15, 0.2) is 41.2 Å². The van der Waals surface area contributed by atoms with Crippen molar-refractivity contribution in [1.82, 2.24) is 4.57 Å². The smallest absolute Gasteiger partial charge is 0.263 e. The molecule has 0 aliphatic heterocycles. The van der Waals surface area contributed by atoms with Crippen LogP contribution in [0.3, 0.4) is 0 Å². The Kier molecular flexibility index (Phi) is 3.57. The van der Waals surface area contributed by atoms with Gasteiger partial charge in [-0.15, -0.1) is 0 Å². The first kappa shape index (κ1) is 13.9. The van der Waals surface area contributed by atoms with Crippen molar-refractivity contribution in [3.8, 4) is 5.69 Å². The van der Waals surface area contributed by atoms with Crippen molar-refractivity contribution in [3.05, 3.63) is 75.7 Å². The third kappa shape index (κ3) is 2.26. The molecule has 3 heteroatoms. The van der Waals surface area contributed by atoms with Crippen molar-refractivity contribution in [2.75, 3.05) is 0 Å². The number of aryl methyl sites for hydroxylation is 2. The normalized spacial score (nSPS) is 10.6. The van der Waals surface area contributed by atoms with Gasteiger partial charge in [-0.1, -0.05) is 46.3 Å². The number of nitrogens with zero attached hydrogens (tertiary/aromatic N) is 1. The minimum Gasteiger partial charge on any atom is -0.279 e. The molecule has 0 aliphatic carbocycles. The molecule has 0 N–H and O–H groups in total. The molecule has 3 rings (SSSR count). The number of hydrogen-bond donors (Lipinski definition) is 0. The summed E-state index contributed by atoms with van der Waals surface area (Å²) in [5.41, 5.74) is 3.81. The quantitative estimate of drug-likeness (QED) is 0.644. The van der Waals surface area contributed by atoms with E-state index >= 15 is 0 Å². The van der Waals surface area contributed by atoms with Gasteiger partial charge in [-0.25, -0.2) is 0 Å². The lowest BCUT2D eigenvalue weighted by molar-refractivity contribution is 0.934. The molecule has 104 valence electrons. The van der Waals surface area contributed by atoms with Gasteiger partial charge in [-0.2, -0.15) is 0 Å². The van der Waals surface area contributed by atoms with Crippen LogP contribution in [0.1, 0.15) is 16.8 Å². The van der Waals surface area contributed by atoms with Crippen molar-refractivity contribution >= 4 is 26.7 Å². The highest BCUT2D eigenvalue weighted by molar-refractivity contribution is 9.08. The van der Waals surface area contributed by atoms with Crippen molar-refractivity contribution < 1.29 is 0 Å². The van der Waals surface area contributed by atoms with Gasteiger partial charge >= 0.3 is 0 Å². The van der Waals surface area contributed by atoms with Crippen LogP contribution in [-0.4, -0.2) is 4.57 Å².